The van der Waals surface area contributed by atoms with E-state index in [1.54, 1.807) is 36.4 Å². The van der Waals surface area contributed by atoms with Gasteiger partial charge in [0.1, 0.15) is 5.82 Å². The first-order chi connectivity index (χ1) is 17.0. The smallest absolute Gasteiger partial charge is 0.201 e. The molecule has 6 heteroatoms. The maximum atomic E-state index is 15.0. The summed E-state index contributed by atoms with van der Waals surface area (Å²) >= 11 is 0. The molecule has 3 aromatic rings. The summed E-state index contributed by atoms with van der Waals surface area (Å²) in [6.45, 7) is 7.05. The van der Waals surface area contributed by atoms with Crippen molar-refractivity contribution in [2.45, 2.75) is 32.5 Å². The molecule has 0 unspecified atom stereocenters. The van der Waals surface area contributed by atoms with E-state index in [9.17, 15) is 13.2 Å². The van der Waals surface area contributed by atoms with Crippen molar-refractivity contribution in [2.24, 2.45) is 5.92 Å². The van der Waals surface area contributed by atoms with Crippen LogP contribution in [0.3, 0.4) is 0 Å². The quantitative estimate of drug-likeness (QED) is 0.291. The second-order valence-electron chi connectivity index (χ2n) is 8.63. The standard InChI is InChI=1S/C29H29F3O3/c1-3-5-6-19-17-34-29(35-18-19)22-11-12-23(25(30)16-22)20-7-9-21(10-8-20)24-13-14-26(33-15-4-2)28(32)27(24)31/h3,7-14,16,19,29H,1,4-6,15,17-18H2,2H3. The molecule has 0 saturated carbocycles. The lowest BCUT2D eigenvalue weighted by Gasteiger charge is -2.29. The van der Waals surface area contributed by atoms with Crippen molar-refractivity contribution in [1.82, 2.24) is 0 Å². The maximum absolute atomic E-state index is 15.0. The van der Waals surface area contributed by atoms with Gasteiger partial charge in [-0.25, -0.2) is 8.78 Å². The lowest BCUT2D eigenvalue weighted by atomic mass is 9.98. The summed E-state index contributed by atoms with van der Waals surface area (Å²) in [5.74, 6) is -2.19. The molecule has 0 amide bonds. The molecule has 0 radical (unpaired) electrons. The van der Waals surface area contributed by atoms with E-state index in [1.165, 1.54) is 18.2 Å². The first kappa shape index (κ1) is 25.0. The number of allylic oxidation sites excluding steroid dienone is 1. The van der Waals surface area contributed by atoms with Gasteiger partial charge in [0.05, 0.1) is 19.8 Å². The monoisotopic (exact) mass is 482 g/mol. The van der Waals surface area contributed by atoms with Gasteiger partial charge in [-0.1, -0.05) is 49.4 Å². The molecule has 1 heterocycles. The molecule has 1 aliphatic rings. The molecule has 3 aromatic carbocycles. The van der Waals surface area contributed by atoms with Crippen LogP contribution in [-0.4, -0.2) is 19.8 Å². The van der Waals surface area contributed by atoms with Crippen molar-refractivity contribution < 1.29 is 27.4 Å². The molecule has 1 saturated heterocycles. The molecule has 0 atom stereocenters. The van der Waals surface area contributed by atoms with Crippen LogP contribution in [0.4, 0.5) is 13.2 Å². The Kier molecular flexibility index (Phi) is 8.26. The van der Waals surface area contributed by atoms with Crippen molar-refractivity contribution in [3.05, 3.63) is 90.3 Å². The SMILES string of the molecule is C=CCCC1COC(c2ccc(-c3ccc(-c4ccc(OCCC)c(F)c4F)cc3)c(F)c2)OC1. The fourth-order valence-corrected chi connectivity index (χ4v) is 4.08. The van der Waals surface area contributed by atoms with E-state index in [0.717, 1.165) is 12.8 Å². The fourth-order valence-electron chi connectivity index (χ4n) is 4.08. The van der Waals surface area contributed by atoms with Crippen molar-refractivity contribution >= 4 is 0 Å². The van der Waals surface area contributed by atoms with Crippen molar-refractivity contribution in [1.29, 1.82) is 0 Å². The minimum atomic E-state index is -1.01. The summed E-state index contributed by atoms with van der Waals surface area (Å²) in [6, 6.07) is 14.4. The zero-order valence-corrected chi connectivity index (χ0v) is 19.7. The van der Waals surface area contributed by atoms with Gasteiger partial charge in [0, 0.05) is 22.6 Å². The zero-order valence-electron chi connectivity index (χ0n) is 19.7. The van der Waals surface area contributed by atoms with Crippen LogP contribution in [0.25, 0.3) is 22.3 Å². The second kappa shape index (κ2) is 11.6. The first-order valence-corrected chi connectivity index (χ1v) is 11.9. The number of ether oxygens (including phenoxy) is 3. The van der Waals surface area contributed by atoms with Crippen LogP contribution < -0.4 is 4.74 Å². The molecule has 4 rings (SSSR count). The van der Waals surface area contributed by atoms with Crippen LogP contribution in [0.2, 0.25) is 0 Å². The Labute approximate surface area is 204 Å². The van der Waals surface area contributed by atoms with Crippen LogP contribution in [0.1, 0.15) is 38.0 Å². The molecule has 0 aliphatic carbocycles. The summed E-state index contributed by atoms with van der Waals surface area (Å²) in [7, 11) is 0. The summed E-state index contributed by atoms with van der Waals surface area (Å²) in [5, 5.41) is 0. The Morgan fingerprint density at radius 2 is 1.57 bits per heavy atom. The maximum Gasteiger partial charge on any atom is 0.201 e. The van der Waals surface area contributed by atoms with Gasteiger partial charge in [-0.2, -0.15) is 4.39 Å². The molecular weight excluding hydrogens is 453 g/mol. The van der Waals surface area contributed by atoms with Crippen LogP contribution in [0.15, 0.2) is 67.3 Å². The van der Waals surface area contributed by atoms with Crippen LogP contribution in [0.5, 0.6) is 5.75 Å². The third-order valence-electron chi connectivity index (χ3n) is 6.03. The van der Waals surface area contributed by atoms with Crippen molar-refractivity contribution in [3.63, 3.8) is 0 Å². The minimum Gasteiger partial charge on any atom is -0.490 e. The Balaban J connectivity index is 1.47. The molecule has 1 fully saturated rings. The van der Waals surface area contributed by atoms with Gasteiger partial charge in [0.2, 0.25) is 5.82 Å². The van der Waals surface area contributed by atoms with Gasteiger partial charge in [0.25, 0.3) is 0 Å². The van der Waals surface area contributed by atoms with Gasteiger partial charge in [-0.15, -0.1) is 6.58 Å². The van der Waals surface area contributed by atoms with E-state index >= 15 is 0 Å². The molecule has 0 spiro atoms. The molecule has 184 valence electrons. The number of halogens is 3. The highest BCUT2D eigenvalue weighted by Gasteiger charge is 2.24. The number of benzene rings is 3. The highest BCUT2D eigenvalue weighted by atomic mass is 19.2. The molecule has 1 aliphatic heterocycles. The lowest BCUT2D eigenvalue weighted by Crippen LogP contribution is -2.27. The summed E-state index contributed by atoms with van der Waals surface area (Å²) in [5.41, 5.74) is 2.24. The van der Waals surface area contributed by atoms with E-state index < -0.39 is 23.7 Å². The van der Waals surface area contributed by atoms with Gasteiger partial charge < -0.3 is 14.2 Å². The number of hydrogen-bond acceptors (Lipinski definition) is 3. The van der Waals surface area contributed by atoms with E-state index in [0.29, 0.717) is 54.4 Å². The van der Waals surface area contributed by atoms with Crippen LogP contribution >= 0.6 is 0 Å². The highest BCUT2D eigenvalue weighted by Crippen LogP contribution is 2.34. The van der Waals surface area contributed by atoms with Crippen LogP contribution in [0, 0.1) is 23.4 Å². The van der Waals surface area contributed by atoms with Crippen molar-refractivity contribution in [2.75, 3.05) is 19.8 Å². The normalized spacial score (nSPS) is 17.8. The summed E-state index contributed by atoms with van der Waals surface area (Å²) in [6.07, 6.45) is 3.83. The summed E-state index contributed by atoms with van der Waals surface area (Å²) < 4.78 is 60.8. The van der Waals surface area contributed by atoms with Gasteiger partial charge >= 0.3 is 0 Å². The predicted molar refractivity (Wildman–Crippen MR) is 131 cm³/mol. The Morgan fingerprint density at radius 1 is 0.914 bits per heavy atom. The van der Waals surface area contributed by atoms with E-state index in [-0.39, 0.29) is 11.3 Å². The van der Waals surface area contributed by atoms with E-state index in [1.807, 2.05) is 13.0 Å². The molecule has 35 heavy (non-hydrogen) atoms. The second-order valence-corrected chi connectivity index (χ2v) is 8.63. The lowest BCUT2D eigenvalue weighted by molar-refractivity contribution is -0.205. The van der Waals surface area contributed by atoms with Crippen molar-refractivity contribution in [3.8, 4) is 28.0 Å². The molecule has 0 bridgehead atoms. The topological polar surface area (TPSA) is 27.7 Å². The Hall–Kier alpha value is -3.09. The average molecular weight is 483 g/mol. The van der Waals surface area contributed by atoms with Gasteiger partial charge in [0.15, 0.2) is 17.9 Å². The minimum absolute atomic E-state index is 0.106. The fraction of sp³-hybridized carbons (Fsp3) is 0.310. The molecule has 0 N–H and O–H groups in total. The first-order valence-electron chi connectivity index (χ1n) is 11.9. The number of rotatable bonds is 9. The average Bonchev–Trinajstić information content (AvgIpc) is 2.89. The number of hydrogen-bond donors (Lipinski definition) is 0. The Morgan fingerprint density at radius 3 is 2.20 bits per heavy atom. The zero-order chi connectivity index (χ0) is 24.8. The van der Waals surface area contributed by atoms with E-state index in [2.05, 4.69) is 6.58 Å². The molecule has 0 aromatic heterocycles. The largest absolute Gasteiger partial charge is 0.490 e. The molecule has 3 nitrogen and oxygen atoms in total. The molecular formula is C29H29F3O3. The van der Waals surface area contributed by atoms with Crippen LogP contribution in [-0.2, 0) is 9.47 Å². The van der Waals surface area contributed by atoms with Gasteiger partial charge in [-0.05, 0) is 48.6 Å². The van der Waals surface area contributed by atoms with E-state index in [4.69, 9.17) is 14.2 Å². The predicted octanol–water partition coefficient (Wildman–Crippen LogP) is 7.85. The Bertz CT molecular complexity index is 1150. The third-order valence-corrected chi connectivity index (χ3v) is 6.03. The summed E-state index contributed by atoms with van der Waals surface area (Å²) in [4.78, 5) is 0. The third kappa shape index (κ3) is 5.77. The highest BCUT2D eigenvalue weighted by molar-refractivity contribution is 5.71. The van der Waals surface area contributed by atoms with Gasteiger partial charge in [-0.3, -0.25) is 0 Å².